The topological polar surface area (TPSA) is 12.0 Å². The van der Waals surface area contributed by atoms with Crippen LogP contribution < -0.4 is 5.32 Å². The molecule has 1 aliphatic carbocycles. The fraction of sp³-hybridized carbons (Fsp3) is 0.125. The maximum absolute atomic E-state index is 4.08. The summed E-state index contributed by atoms with van der Waals surface area (Å²) in [5.74, 6) is 0.276. The summed E-state index contributed by atoms with van der Waals surface area (Å²) in [5.41, 5.74) is 2.22. The standard InChI is InChI=1S/C16H17N/c1-3-16(15-12-8-7-9-13(15)2)17-14-10-5-4-6-11-14/h3-12,15-17H,1-2H2. The van der Waals surface area contributed by atoms with Crippen LogP contribution in [0.5, 0.6) is 0 Å². The van der Waals surface area contributed by atoms with Gasteiger partial charge in [-0.15, -0.1) is 6.58 Å². The van der Waals surface area contributed by atoms with E-state index < -0.39 is 0 Å². The predicted octanol–water partition coefficient (Wildman–Crippen LogP) is 3.95. The molecule has 2 rings (SSSR count). The zero-order chi connectivity index (χ0) is 12.1. The molecule has 0 fully saturated rings. The lowest BCUT2D eigenvalue weighted by molar-refractivity contribution is 0.707. The van der Waals surface area contributed by atoms with Crippen molar-refractivity contribution in [1.82, 2.24) is 0 Å². The summed E-state index contributed by atoms with van der Waals surface area (Å²) in [5, 5.41) is 3.46. The zero-order valence-corrected chi connectivity index (χ0v) is 9.84. The summed E-state index contributed by atoms with van der Waals surface area (Å²) in [4.78, 5) is 0. The van der Waals surface area contributed by atoms with Gasteiger partial charge in [-0.25, -0.2) is 0 Å². The van der Waals surface area contributed by atoms with Gasteiger partial charge < -0.3 is 5.32 Å². The first-order valence-corrected chi connectivity index (χ1v) is 5.79. The van der Waals surface area contributed by atoms with Crippen molar-refractivity contribution >= 4 is 5.69 Å². The Morgan fingerprint density at radius 3 is 2.59 bits per heavy atom. The second-order valence-corrected chi connectivity index (χ2v) is 4.12. The minimum Gasteiger partial charge on any atom is -0.378 e. The van der Waals surface area contributed by atoms with Gasteiger partial charge in [-0.1, -0.05) is 55.2 Å². The van der Waals surface area contributed by atoms with E-state index in [1.54, 1.807) is 0 Å². The molecule has 1 aromatic carbocycles. The normalized spacial score (nSPS) is 20.0. The van der Waals surface area contributed by atoms with Gasteiger partial charge in [-0.05, 0) is 17.7 Å². The molecule has 0 heterocycles. The lowest BCUT2D eigenvalue weighted by Crippen LogP contribution is -2.27. The molecular weight excluding hydrogens is 206 g/mol. The van der Waals surface area contributed by atoms with Crippen molar-refractivity contribution in [2.45, 2.75) is 6.04 Å². The van der Waals surface area contributed by atoms with Gasteiger partial charge in [-0.3, -0.25) is 0 Å². The molecule has 0 radical (unpaired) electrons. The van der Waals surface area contributed by atoms with Crippen LogP contribution in [0.3, 0.4) is 0 Å². The van der Waals surface area contributed by atoms with Gasteiger partial charge in [-0.2, -0.15) is 0 Å². The molecule has 17 heavy (non-hydrogen) atoms. The first-order valence-electron chi connectivity index (χ1n) is 5.79. The quantitative estimate of drug-likeness (QED) is 0.762. The molecule has 1 aromatic rings. The lowest BCUT2D eigenvalue weighted by atomic mass is 9.88. The third-order valence-electron chi connectivity index (χ3n) is 2.92. The van der Waals surface area contributed by atoms with Crippen molar-refractivity contribution in [2.75, 3.05) is 5.32 Å². The van der Waals surface area contributed by atoms with Gasteiger partial charge in [0.1, 0.15) is 0 Å². The Morgan fingerprint density at radius 2 is 1.94 bits per heavy atom. The first kappa shape index (κ1) is 11.5. The van der Waals surface area contributed by atoms with Crippen molar-refractivity contribution < 1.29 is 0 Å². The van der Waals surface area contributed by atoms with Crippen molar-refractivity contribution in [3.63, 3.8) is 0 Å². The van der Waals surface area contributed by atoms with Gasteiger partial charge in [0.2, 0.25) is 0 Å². The summed E-state index contributed by atoms with van der Waals surface area (Å²) in [6.07, 6.45) is 10.2. The van der Waals surface area contributed by atoms with Gasteiger partial charge in [0, 0.05) is 11.6 Å². The van der Waals surface area contributed by atoms with E-state index in [0.717, 1.165) is 11.3 Å². The number of hydrogen-bond acceptors (Lipinski definition) is 1. The smallest absolute Gasteiger partial charge is 0.0545 e. The van der Waals surface area contributed by atoms with Crippen LogP contribution in [0.4, 0.5) is 5.69 Å². The Morgan fingerprint density at radius 1 is 1.18 bits per heavy atom. The Balaban J connectivity index is 2.12. The lowest BCUT2D eigenvalue weighted by Gasteiger charge is -2.26. The first-order chi connectivity index (χ1) is 8.31. The Kier molecular flexibility index (Phi) is 3.61. The maximum atomic E-state index is 4.08. The van der Waals surface area contributed by atoms with E-state index in [-0.39, 0.29) is 12.0 Å². The van der Waals surface area contributed by atoms with Crippen LogP contribution in [0.25, 0.3) is 0 Å². The average molecular weight is 223 g/mol. The van der Waals surface area contributed by atoms with Crippen LogP contribution in [0.1, 0.15) is 0 Å². The molecule has 0 spiro atoms. The van der Waals surface area contributed by atoms with Crippen LogP contribution in [0, 0.1) is 5.92 Å². The van der Waals surface area contributed by atoms with E-state index in [4.69, 9.17) is 0 Å². The maximum Gasteiger partial charge on any atom is 0.0545 e. The number of rotatable bonds is 4. The molecule has 1 aliphatic rings. The highest BCUT2D eigenvalue weighted by molar-refractivity contribution is 5.46. The average Bonchev–Trinajstić information content (AvgIpc) is 2.38. The van der Waals surface area contributed by atoms with Gasteiger partial charge in [0.15, 0.2) is 0 Å². The number of hydrogen-bond donors (Lipinski definition) is 1. The molecule has 1 heteroatoms. The van der Waals surface area contributed by atoms with Gasteiger partial charge in [0.05, 0.1) is 6.04 Å². The summed E-state index contributed by atoms with van der Waals surface area (Å²) in [7, 11) is 0. The SMILES string of the molecule is C=CC(Nc1ccccc1)C1C=CC=CC1=C. The Hall–Kier alpha value is -2.02. The molecule has 1 N–H and O–H groups in total. The highest BCUT2D eigenvalue weighted by Crippen LogP contribution is 2.24. The van der Waals surface area contributed by atoms with E-state index >= 15 is 0 Å². The monoisotopic (exact) mass is 223 g/mol. The fourth-order valence-electron chi connectivity index (χ4n) is 1.97. The molecule has 0 bridgehead atoms. The molecule has 2 atom stereocenters. The van der Waals surface area contributed by atoms with Crippen LogP contribution >= 0.6 is 0 Å². The second-order valence-electron chi connectivity index (χ2n) is 4.12. The van der Waals surface area contributed by atoms with Crippen LogP contribution in [0.2, 0.25) is 0 Å². The molecule has 2 unspecified atom stereocenters. The number of benzene rings is 1. The minimum atomic E-state index is 0.172. The van der Waals surface area contributed by atoms with E-state index in [9.17, 15) is 0 Å². The highest BCUT2D eigenvalue weighted by atomic mass is 14.9. The molecule has 1 nitrogen and oxygen atoms in total. The van der Waals surface area contributed by atoms with Crippen LogP contribution in [0.15, 0.2) is 79.4 Å². The molecule has 0 aliphatic heterocycles. The Bertz CT molecular complexity index is 454. The molecule has 0 saturated heterocycles. The zero-order valence-electron chi connectivity index (χ0n) is 9.84. The van der Waals surface area contributed by atoms with Gasteiger partial charge in [0.25, 0.3) is 0 Å². The van der Waals surface area contributed by atoms with E-state index in [0.29, 0.717) is 0 Å². The molecular formula is C16H17N. The van der Waals surface area contributed by atoms with Crippen molar-refractivity contribution in [3.8, 4) is 0 Å². The van der Waals surface area contributed by atoms with Gasteiger partial charge >= 0.3 is 0 Å². The van der Waals surface area contributed by atoms with E-state index in [2.05, 4.69) is 42.8 Å². The summed E-state index contributed by atoms with van der Waals surface area (Å²) in [6, 6.07) is 10.3. The van der Waals surface area contributed by atoms with Crippen LogP contribution in [-0.2, 0) is 0 Å². The summed E-state index contributed by atoms with van der Waals surface area (Å²) >= 11 is 0. The minimum absolute atomic E-state index is 0.172. The van der Waals surface area contributed by atoms with Crippen molar-refractivity contribution in [3.05, 3.63) is 79.4 Å². The van der Waals surface area contributed by atoms with Crippen molar-refractivity contribution in [1.29, 1.82) is 0 Å². The molecule has 86 valence electrons. The molecule has 0 saturated carbocycles. The number of allylic oxidation sites excluding steroid dienone is 3. The number of anilines is 1. The van der Waals surface area contributed by atoms with E-state index in [1.165, 1.54) is 0 Å². The predicted molar refractivity (Wildman–Crippen MR) is 75.0 cm³/mol. The Labute approximate surface area is 103 Å². The third-order valence-corrected chi connectivity index (χ3v) is 2.92. The number of para-hydroxylation sites is 1. The van der Waals surface area contributed by atoms with Crippen LogP contribution in [-0.4, -0.2) is 6.04 Å². The summed E-state index contributed by atoms with van der Waals surface area (Å²) in [6.45, 7) is 7.99. The van der Waals surface area contributed by atoms with E-state index in [1.807, 2.05) is 36.4 Å². The molecule has 0 aromatic heterocycles. The fourth-order valence-corrected chi connectivity index (χ4v) is 1.97. The second kappa shape index (κ2) is 5.35. The largest absolute Gasteiger partial charge is 0.378 e. The highest BCUT2D eigenvalue weighted by Gasteiger charge is 2.18. The summed E-state index contributed by atoms with van der Waals surface area (Å²) < 4.78 is 0. The number of nitrogens with one attached hydrogen (secondary N) is 1. The third kappa shape index (κ3) is 2.76. The molecule has 0 amide bonds. The van der Waals surface area contributed by atoms with Crippen molar-refractivity contribution in [2.24, 2.45) is 5.92 Å².